The highest BCUT2D eigenvalue weighted by molar-refractivity contribution is 5.29. The predicted octanol–water partition coefficient (Wildman–Crippen LogP) is 4.40. The Hall–Kier alpha value is -1.67. The Morgan fingerprint density at radius 3 is 2.30 bits per heavy atom. The number of benzene rings is 2. The summed E-state index contributed by atoms with van der Waals surface area (Å²) >= 11 is 0. The third-order valence-electron chi connectivity index (χ3n) is 3.64. The van der Waals surface area contributed by atoms with Crippen molar-refractivity contribution >= 4 is 0 Å². The highest BCUT2D eigenvalue weighted by Crippen LogP contribution is 2.26. The highest BCUT2D eigenvalue weighted by Gasteiger charge is 2.23. The molecule has 0 amide bonds. The van der Waals surface area contributed by atoms with E-state index in [0.717, 1.165) is 5.56 Å². The molecule has 0 saturated heterocycles. The van der Waals surface area contributed by atoms with Crippen LogP contribution >= 0.6 is 0 Å². The zero-order valence-electron chi connectivity index (χ0n) is 12.2. The monoisotopic (exact) mass is 272 g/mol. The molecule has 1 atom stereocenters. The molecule has 20 heavy (non-hydrogen) atoms. The number of hydrogen-bond donors (Lipinski definition) is 1. The van der Waals surface area contributed by atoms with Crippen LogP contribution in [-0.2, 0) is 12.0 Å². The zero-order valence-corrected chi connectivity index (χ0v) is 12.2. The van der Waals surface area contributed by atoms with E-state index in [9.17, 15) is 9.50 Å². The van der Waals surface area contributed by atoms with Crippen LogP contribution in [0.1, 0.15) is 43.4 Å². The first kappa shape index (κ1) is 14.7. The first-order valence-corrected chi connectivity index (χ1v) is 6.96. The van der Waals surface area contributed by atoms with E-state index in [1.54, 1.807) is 19.1 Å². The summed E-state index contributed by atoms with van der Waals surface area (Å²) in [6, 6.07) is 14.4. The van der Waals surface area contributed by atoms with Crippen LogP contribution in [0.25, 0.3) is 0 Å². The fourth-order valence-corrected chi connectivity index (χ4v) is 2.34. The minimum absolute atomic E-state index is 0.321. The van der Waals surface area contributed by atoms with Gasteiger partial charge in [0.25, 0.3) is 0 Å². The molecular formula is C18H21FO. The predicted molar refractivity (Wildman–Crippen MR) is 80.2 cm³/mol. The average Bonchev–Trinajstić information content (AvgIpc) is 2.39. The van der Waals surface area contributed by atoms with Crippen molar-refractivity contribution in [2.24, 2.45) is 0 Å². The van der Waals surface area contributed by atoms with Crippen molar-refractivity contribution in [3.05, 3.63) is 71.0 Å². The molecule has 0 aliphatic heterocycles. The normalized spacial score (nSPS) is 14.3. The molecular weight excluding hydrogens is 251 g/mol. The van der Waals surface area contributed by atoms with E-state index >= 15 is 0 Å². The van der Waals surface area contributed by atoms with Crippen molar-refractivity contribution in [2.45, 2.75) is 38.7 Å². The number of aliphatic hydroxyl groups is 1. The van der Waals surface area contributed by atoms with E-state index in [1.165, 1.54) is 17.7 Å². The molecule has 0 aliphatic rings. The van der Waals surface area contributed by atoms with Crippen molar-refractivity contribution in [3.8, 4) is 0 Å². The Morgan fingerprint density at radius 2 is 1.75 bits per heavy atom. The van der Waals surface area contributed by atoms with E-state index in [0.29, 0.717) is 17.9 Å². The molecule has 2 rings (SSSR count). The highest BCUT2D eigenvalue weighted by atomic mass is 19.1. The lowest BCUT2D eigenvalue weighted by atomic mass is 9.88. The van der Waals surface area contributed by atoms with Crippen molar-refractivity contribution in [2.75, 3.05) is 0 Å². The molecule has 2 aromatic rings. The van der Waals surface area contributed by atoms with Crippen LogP contribution in [0.3, 0.4) is 0 Å². The summed E-state index contributed by atoms with van der Waals surface area (Å²) in [6.07, 6.45) is 0.467. The van der Waals surface area contributed by atoms with E-state index < -0.39 is 5.60 Å². The van der Waals surface area contributed by atoms with Gasteiger partial charge in [0.1, 0.15) is 5.82 Å². The van der Waals surface area contributed by atoms with Gasteiger partial charge in [0, 0.05) is 6.42 Å². The first-order chi connectivity index (χ1) is 9.38. The molecule has 0 spiro atoms. The lowest BCUT2D eigenvalue weighted by Crippen LogP contribution is -2.24. The average molecular weight is 272 g/mol. The van der Waals surface area contributed by atoms with Crippen LogP contribution in [-0.4, -0.2) is 5.11 Å². The molecule has 106 valence electrons. The van der Waals surface area contributed by atoms with E-state index in [4.69, 9.17) is 0 Å². The van der Waals surface area contributed by atoms with Crippen LogP contribution in [0, 0.1) is 5.82 Å². The van der Waals surface area contributed by atoms with Gasteiger partial charge in [0.05, 0.1) is 5.60 Å². The lowest BCUT2D eigenvalue weighted by Gasteiger charge is -2.24. The minimum Gasteiger partial charge on any atom is -0.385 e. The van der Waals surface area contributed by atoms with Gasteiger partial charge < -0.3 is 5.11 Å². The third-order valence-corrected chi connectivity index (χ3v) is 3.64. The second-order valence-electron chi connectivity index (χ2n) is 5.86. The van der Waals surface area contributed by atoms with Crippen LogP contribution in [0.15, 0.2) is 48.5 Å². The number of hydrogen-bond acceptors (Lipinski definition) is 1. The van der Waals surface area contributed by atoms with Crippen LogP contribution in [0.4, 0.5) is 4.39 Å². The van der Waals surface area contributed by atoms with Gasteiger partial charge in [0.2, 0.25) is 0 Å². The van der Waals surface area contributed by atoms with Crippen molar-refractivity contribution in [1.82, 2.24) is 0 Å². The summed E-state index contributed by atoms with van der Waals surface area (Å²) in [7, 11) is 0. The van der Waals surface area contributed by atoms with Crippen molar-refractivity contribution < 1.29 is 9.50 Å². The molecule has 0 bridgehead atoms. The van der Waals surface area contributed by atoms with Gasteiger partial charge in [-0.3, -0.25) is 0 Å². The fourth-order valence-electron chi connectivity index (χ4n) is 2.34. The van der Waals surface area contributed by atoms with Crippen LogP contribution < -0.4 is 0 Å². The maximum absolute atomic E-state index is 13.3. The molecule has 0 radical (unpaired) electrons. The van der Waals surface area contributed by atoms with Crippen molar-refractivity contribution in [1.29, 1.82) is 0 Å². The topological polar surface area (TPSA) is 20.2 Å². The molecule has 1 unspecified atom stereocenters. The fraction of sp³-hybridized carbons (Fsp3) is 0.333. The summed E-state index contributed by atoms with van der Waals surface area (Å²) in [6.45, 7) is 6.02. The summed E-state index contributed by atoms with van der Waals surface area (Å²) in [5.74, 6) is 0.172. The van der Waals surface area contributed by atoms with Crippen LogP contribution in [0.5, 0.6) is 0 Å². The van der Waals surface area contributed by atoms with E-state index in [2.05, 4.69) is 26.0 Å². The molecule has 2 aromatic carbocycles. The Morgan fingerprint density at radius 1 is 1.10 bits per heavy atom. The van der Waals surface area contributed by atoms with Gasteiger partial charge in [-0.2, -0.15) is 0 Å². The van der Waals surface area contributed by atoms with E-state index in [1.807, 2.05) is 12.1 Å². The van der Waals surface area contributed by atoms with Gasteiger partial charge in [0.15, 0.2) is 0 Å². The Labute approximate surface area is 120 Å². The van der Waals surface area contributed by atoms with Gasteiger partial charge in [-0.1, -0.05) is 50.2 Å². The maximum atomic E-state index is 13.3. The smallest absolute Gasteiger partial charge is 0.123 e. The largest absolute Gasteiger partial charge is 0.385 e. The molecule has 0 aliphatic carbocycles. The SMILES string of the molecule is CC(C)c1ccc(CC(C)(O)c2cccc(F)c2)cc1. The second kappa shape index (κ2) is 5.76. The van der Waals surface area contributed by atoms with E-state index in [-0.39, 0.29) is 5.82 Å². The summed E-state index contributed by atoms with van der Waals surface area (Å²) in [5.41, 5.74) is 1.86. The number of halogens is 1. The third kappa shape index (κ3) is 3.45. The molecule has 1 N–H and O–H groups in total. The van der Waals surface area contributed by atoms with Gasteiger partial charge in [-0.15, -0.1) is 0 Å². The maximum Gasteiger partial charge on any atom is 0.123 e. The lowest BCUT2D eigenvalue weighted by molar-refractivity contribution is 0.0573. The summed E-state index contributed by atoms with van der Waals surface area (Å²) in [5, 5.41) is 10.6. The number of rotatable bonds is 4. The molecule has 2 heteroatoms. The summed E-state index contributed by atoms with van der Waals surface area (Å²) < 4.78 is 13.3. The molecule has 0 aromatic heterocycles. The van der Waals surface area contributed by atoms with Crippen LogP contribution in [0.2, 0.25) is 0 Å². The first-order valence-electron chi connectivity index (χ1n) is 6.96. The molecule has 0 heterocycles. The van der Waals surface area contributed by atoms with Crippen molar-refractivity contribution in [3.63, 3.8) is 0 Å². The van der Waals surface area contributed by atoms with Gasteiger partial charge in [-0.25, -0.2) is 4.39 Å². The van der Waals surface area contributed by atoms with Gasteiger partial charge in [-0.05, 0) is 41.7 Å². The molecule has 0 saturated carbocycles. The Kier molecular flexibility index (Phi) is 4.24. The summed E-state index contributed by atoms with van der Waals surface area (Å²) in [4.78, 5) is 0. The molecule has 1 nitrogen and oxygen atoms in total. The molecule has 0 fully saturated rings. The Bertz CT molecular complexity index is 570. The van der Waals surface area contributed by atoms with Gasteiger partial charge >= 0.3 is 0 Å². The second-order valence-corrected chi connectivity index (χ2v) is 5.86. The quantitative estimate of drug-likeness (QED) is 0.874. The minimum atomic E-state index is -1.07. The standard InChI is InChI=1S/C18H21FO/c1-13(2)15-9-7-14(8-10-15)12-18(3,20)16-5-4-6-17(19)11-16/h4-11,13,20H,12H2,1-3H3. The zero-order chi connectivity index (χ0) is 14.8. The Balaban J connectivity index is 2.19.